The van der Waals surface area contributed by atoms with Crippen LogP contribution in [-0.4, -0.2) is 32.1 Å². The lowest BCUT2D eigenvalue weighted by atomic mass is 10.2. The van der Waals surface area contributed by atoms with Crippen molar-refractivity contribution in [3.05, 3.63) is 89.8 Å². The van der Waals surface area contributed by atoms with Gasteiger partial charge in [-0.1, -0.05) is 47.1 Å². The third kappa shape index (κ3) is 4.56. The van der Waals surface area contributed by atoms with Gasteiger partial charge in [0.2, 0.25) is 5.95 Å². The fourth-order valence-corrected chi connectivity index (χ4v) is 3.54. The molecule has 33 heavy (non-hydrogen) atoms. The molecule has 9 heteroatoms. The molecule has 0 radical (unpaired) electrons. The minimum atomic E-state index is 0.231. The van der Waals surface area contributed by atoms with Crippen molar-refractivity contribution in [2.75, 3.05) is 12.4 Å². The molecule has 5 aromatic rings. The molecule has 2 aromatic heterocycles. The van der Waals surface area contributed by atoms with Crippen molar-refractivity contribution >= 4 is 34.1 Å². The van der Waals surface area contributed by atoms with Gasteiger partial charge in [0.15, 0.2) is 0 Å². The molecular weight excluding hydrogens is 440 g/mol. The lowest BCUT2D eigenvalue weighted by molar-refractivity contribution is 0.304. The molecule has 0 aliphatic carbocycles. The summed E-state index contributed by atoms with van der Waals surface area (Å²) in [4.78, 5) is 9.03. The molecule has 3 aromatic carbocycles. The van der Waals surface area contributed by atoms with Crippen LogP contribution in [0.1, 0.15) is 5.69 Å². The summed E-state index contributed by atoms with van der Waals surface area (Å²) < 4.78 is 13.1. The van der Waals surface area contributed by atoms with Crippen LogP contribution >= 0.6 is 11.6 Å². The molecule has 0 saturated heterocycles. The maximum atomic E-state index is 6.07. The molecule has 0 unspecified atom stereocenters. The molecule has 2 heterocycles. The predicted octanol–water partition coefficient (Wildman–Crippen LogP) is 5.20. The Morgan fingerprint density at radius 2 is 1.85 bits per heavy atom. The average molecular weight is 459 g/mol. The number of fused-ring (bicyclic) bond motifs is 1. The normalized spacial score (nSPS) is 10.8. The zero-order chi connectivity index (χ0) is 22.6. The van der Waals surface area contributed by atoms with Gasteiger partial charge < -0.3 is 14.8 Å². The lowest BCUT2D eigenvalue weighted by Crippen LogP contribution is -2.00. The highest BCUT2D eigenvalue weighted by Crippen LogP contribution is 2.27. The van der Waals surface area contributed by atoms with Crippen LogP contribution in [0.4, 0.5) is 11.6 Å². The van der Waals surface area contributed by atoms with E-state index in [0.717, 1.165) is 16.8 Å². The van der Waals surface area contributed by atoms with Crippen LogP contribution in [0.5, 0.6) is 11.5 Å². The van der Waals surface area contributed by atoms with E-state index >= 15 is 0 Å². The van der Waals surface area contributed by atoms with Crippen LogP contribution in [0.2, 0.25) is 5.02 Å². The Kier molecular flexibility index (Phi) is 5.73. The standard InChI is InChI=1S/C24H19ClN6O2/c1-32-21-10-3-2-9-20(21)31-14-19(29-30-31)15-33-22-11-4-6-16-13-26-24(28-23(16)22)27-18-8-5-7-17(25)12-18/h2-14H,15H2,1H3,(H,26,27,28). The summed E-state index contributed by atoms with van der Waals surface area (Å²) in [6.07, 6.45) is 3.56. The van der Waals surface area contributed by atoms with E-state index in [0.29, 0.717) is 33.7 Å². The summed E-state index contributed by atoms with van der Waals surface area (Å²) in [6, 6.07) is 20.7. The summed E-state index contributed by atoms with van der Waals surface area (Å²) in [5.41, 5.74) is 2.96. The molecule has 0 saturated carbocycles. The van der Waals surface area contributed by atoms with Gasteiger partial charge in [-0.3, -0.25) is 0 Å². The largest absolute Gasteiger partial charge is 0.494 e. The molecule has 0 fully saturated rings. The Bertz CT molecular complexity index is 1420. The number of nitrogens with zero attached hydrogens (tertiary/aromatic N) is 5. The van der Waals surface area contributed by atoms with E-state index in [-0.39, 0.29) is 6.61 Å². The zero-order valence-corrected chi connectivity index (χ0v) is 18.4. The Morgan fingerprint density at radius 1 is 1.00 bits per heavy atom. The van der Waals surface area contributed by atoms with Crippen molar-refractivity contribution in [3.63, 3.8) is 0 Å². The number of anilines is 2. The molecule has 0 aliphatic rings. The SMILES string of the molecule is COc1ccccc1-n1cc(COc2cccc3cnc(Nc4cccc(Cl)c4)nc23)nn1. The second-order valence-corrected chi connectivity index (χ2v) is 7.57. The van der Waals surface area contributed by atoms with E-state index in [1.807, 2.05) is 72.9 Å². The van der Waals surface area contributed by atoms with Gasteiger partial charge in [0, 0.05) is 22.3 Å². The highest BCUT2D eigenvalue weighted by molar-refractivity contribution is 6.30. The van der Waals surface area contributed by atoms with Gasteiger partial charge in [0.25, 0.3) is 0 Å². The molecule has 8 nitrogen and oxygen atoms in total. The molecule has 5 rings (SSSR count). The Labute approximate surface area is 194 Å². The summed E-state index contributed by atoms with van der Waals surface area (Å²) in [5, 5.41) is 13.1. The predicted molar refractivity (Wildman–Crippen MR) is 127 cm³/mol. The Hall–Kier alpha value is -4.17. The fourth-order valence-electron chi connectivity index (χ4n) is 3.35. The number of benzene rings is 3. The number of para-hydroxylation sites is 3. The summed E-state index contributed by atoms with van der Waals surface area (Å²) in [7, 11) is 1.62. The fraction of sp³-hybridized carbons (Fsp3) is 0.0833. The number of nitrogens with one attached hydrogen (secondary N) is 1. The molecule has 0 aliphatic heterocycles. The van der Waals surface area contributed by atoms with Crippen molar-refractivity contribution in [1.29, 1.82) is 0 Å². The van der Waals surface area contributed by atoms with Crippen molar-refractivity contribution in [2.45, 2.75) is 6.61 Å². The van der Waals surface area contributed by atoms with Crippen LogP contribution in [-0.2, 0) is 6.61 Å². The Balaban J connectivity index is 1.36. The third-order valence-corrected chi connectivity index (χ3v) is 5.14. The monoisotopic (exact) mass is 458 g/mol. The van der Waals surface area contributed by atoms with E-state index in [1.54, 1.807) is 18.0 Å². The number of ether oxygens (including phenoxy) is 2. The number of rotatable bonds is 7. The number of aromatic nitrogens is 5. The first-order chi connectivity index (χ1) is 16.2. The molecule has 1 N–H and O–H groups in total. The maximum Gasteiger partial charge on any atom is 0.227 e. The van der Waals surface area contributed by atoms with Gasteiger partial charge in [0.1, 0.15) is 35.0 Å². The number of halogens is 1. The lowest BCUT2D eigenvalue weighted by Gasteiger charge is -2.10. The first kappa shape index (κ1) is 20.7. The van der Waals surface area contributed by atoms with E-state index in [2.05, 4.69) is 25.6 Å². The second-order valence-electron chi connectivity index (χ2n) is 7.14. The molecule has 0 bridgehead atoms. The first-order valence-electron chi connectivity index (χ1n) is 10.2. The molecule has 164 valence electrons. The van der Waals surface area contributed by atoms with Gasteiger partial charge >= 0.3 is 0 Å². The quantitative estimate of drug-likeness (QED) is 0.359. The number of hydrogen-bond acceptors (Lipinski definition) is 7. The van der Waals surface area contributed by atoms with Crippen molar-refractivity contribution in [3.8, 4) is 17.2 Å². The van der Waals surface area contributed by atoms with E-state index in [4.69, 9.17) is 21.1 Å². The van der Waals surface area contributed by atoms with Crippen LogP contribution < -0.4 is 14.8 Å². The van der Waals surface area contributed by atoms with Gasteiger partial charge in [-0.15, -0.1) is 5.10 Å². The van der Waals surface area contributed by atoms with Gasteiger partial charge in [-0.25, -0.2) is 14.6 Å². The second kappa shape index (κ2) is 9.13. The molecular formula is C24H19ClN6O2. The Morgan fingerprint density at radius 3 is 2.73 bits per heavy atom. The number of methoxy groups -OCH3 is 1. The highest BCUT2D eigenvalue weighted by atomic mass is 35.5. The minimum Gasteiger partial charge on any atom is -0.494 e. The third-order valence-electron chi connectivity index (χ3n) is 4.90. The first-order valence-corrected chi connectivity index (χ1v) is 10.5. The summed E-state index contributed by atoms with van der Waals surface area (Å²) >= 11 is 6.07. The van der Waals surface area contributed by atoms with Crippen molar-refractivity contribution < 1.29 is 9.47 Å². The van der Waals surface area contributed by atoms with Gasteiger partial charge in [-0.05, 0) is 36.4 Å². The average Bonchev–Trinajstić information content (AvgIpc) is 3.31. The topological polar surface area (TPSA) is 87.0 Å². The van der Waals surface area contributed by atoms with Crippen LogP contribution in [0, 0.1) is 0 Å². The summed E-state index contributed by atoms with van der Waals surface area (Å²) in [5.74, 6) is 1.78. The van der Waals surface area contributed by atoms with Crippen LogP contribution in [0.3, 0.4) is 0 Å². The van der Waals surface area contributed by atoms with E-state index in [1.165, 1.54) is 0 Å². The van der Waals surface area contributed by atoms with Gasteiger partial charge in [0.05, 0.1) is 13.3 Å². The van der Waals surface area contributed by atoms with Crippen molar-refractivity contribution in [2.24, 2.45) is 0 Å². The van der Waals surface area contributed by atoms with Crippen molar-refractivity contribution in [1.82, 2.24) is 25.0 Å². The van der Waals surface area contributed by atoms with E-state index < -0.39 is 0 Å². The molecule has 0 amide bonds. The smallest absolute Gasteiger partial charge is 0.227 e. The van der Waals surface area contributed by atoms with Crippen LogP contribution in [0.15, 0.2) is 79.1 Å². The van der Waals surface area contributed by atoms with E-state index in [9.17, 15) is 0 Å². The minimum absolute atomic E-state index is 0.231. The maximum absolute atomic E-state index is 6.07. The van der Waals surface area contributed by atoms with Crippen LogP contribution in [0.25, 0.3) is 16.6 Å². The summed E-state index contributed by atoms with van der Waals surface area (Å²) in [6.45, 7) is 0.231. The molecule has 0 atom stereocenters. The zero-order valence-electron chi connectivity index (χ0n) is 17.6. The number of hydrogen-bond donors (Lipinski definition) is 1. The molecule has 0 spiro atoms. The highest BCUT2D eigenvalue weighted by Gasteiger charge is 2.11. The van der Waals surface area contributed by atoms with Gasteiger partial charge in [-0.2, -0.15) is 0 Å².